The summed E-state index contributed by atoms with van der Waals surface area (Å²) in [5.41, 5.74) is 3.83. The van der Waals surface area contributed by atoms with Crippen molar-refractivity contribution < 1.29 is 17.9 Å². The summed E-state index contributed by atoms with van der Waals surface area (Å²) < 4.78 is 35.8. The molecule has 2 heterocycles. The van der Waals surface area contributed by atoms with Gasteiger partial charge >= 0.3 is 0 Å². The van der Waals surface area contributed by atoms with E-state index in [4.69, 9.17) is 26.2 Å². The van der Waals surface area contributed by atoms with Crippen molar-refractivity contribution in [3.8, 4) is 5.75 Å². The number of rotatable bonds is 9. The fraction of sp³-hybridized carbons (Fsp3) is 0.360. The van der Waals surface area contributed by atoms with Crippen molar-refractivity contribution >= 4 is 50.5 Å². The van der Waals surface area contributed by atoms with Crippen LogP contribution in [0.1, 0.15) is 24.5 Å². The van der Waals surface area contributed by atoms with Gasteiger partial charge in [0.1, 0.15) is 15.7 Å². The van der Waals surface area contributed by atoms with E-state index >= 15 is 0 Å². The fourth-order valence-corrected chi connectivity index (χ4v) is 5.09. The number of morpholine rings is 1. The smallest absolute Gasteiger partial charge is 0.240 e. The molecule has 0 atom stereocenters. The zero-order chi connectivity index (χ0) is 26.6. The molecule has 10 nitrogen and oxygen atoms in total. The van der Waals surface area contributed by atoms with Crippen molar-refractivity contribution in [2.75, 3.05) is 48.9 Å². The Morgan fingerprint density at radius 1 is 1.19 bits per heavy atom. The van der Waals surface area contributed by atoms with Crippen molar-refractivity contribution in [1.29, 1.82) is 0 Å². The normalized spacial score (nSPS) is 13.9. The number of halogens is 1. The minimum atomic E-state index is -4.00. The van der Waals surface area contributed by atoms with E-state index in [1.54, 1.807) is 13.2 Å². The predicted molar refractivity (Wildman–Crippen MR) is 146 cm³/mol. The van der Waals surface area contributed by atoms with Gasteiger partial charge in [-0.05, 0) is 42.7 Å². The van der Waals surface area contributed by atoms with Gasteiger partial charge in [-0.15, -0.1) is 0 Å². The number of ether oxygens (including phenoxy) is 2. The number of hydrogen-bond donors (Lipinski definition) is 3. The molecule has 0 amide bonds. The number of primary sulfonamides is 1. The average Bonchev–Trinajstić information content (AvgIpc) is 2.88. The summed E-state index contributed by atoms with van der Waals surface area (Å²) in [7, 11) is -2.40. The van der Waals surface area contributed by atoms with E-state index in [1.807, 2.05) is 32.0 Å². The lowest BCUT2D eigenvalue weighted by Gasteiger charge is -2.29. The Balaban J connectivity index is 1.66. The Labute approximate surface area is 222 Å². The zero-order valence-corrected chi connectivity index (χ0v) is 22.6. The molecule has 1 aliphatic heterocycles. The maximum atomic E-state index is 12.4. The highest BCUT2D eigenvalue weighted by atomic mass is 35.5. The third kappa shape index (κ3) is 6.24. The van der Waals surface area contributed by atoms with Crippen molar-refractivity contribution in [2.45, 2.75) is 31.6 Å². The summed E-state index contributed by atoms with van der Waals surface area (Å²) in [6.07, 6.45) is 2.91. The van der Waals surface area contributed by atoms with Gasteiger partial charge < -0.3 is 25.0 Å². The van der Waals surface area contributed by atoms with Crippen LogP contribution < -0.4 is 25.4 Å². The van der Waals surface area contributed by atoms with Gasteiger partial charge in [0.15, 0.2) is 5.82 Å². The van der Waals surface area contributed by atoms with Crippen LogP contribution in [0, 0.1) is 6.92 Å². The molecule has 0 aliphatic carbocycles. The lowest BCUT2D eigenvalue weighted by molar-refractivity contribution is 0.122. The maximum Gasteiger partial charge on any atom is 0.240 e. The summed E-state index contributed by atoms with van der Waals surface area (Å²) in [6.45, 7) is 6.93. The standard InChI is InChI=1S/C25H31ClN6O4S/c1-4-5-18-16(2)6-9-22(37(27,33)34)23(18)30-24-19(26)15-28-25(31-24)29-20-8-7-17(14-21(20)35-3)32-10-12-36-13-11-32/h6-9,14-15H,4-5,10-13H2,1-3H3,(H2,27,33,34)(H2,28,29,30,31). The molecule has 0 bridgehead atoms. The van der Waals surface area contributed by atoms with Gasteiger partial charge in [0.05, 0.1) is 37.9 Å². The van der Waals surface area contributed by atoms with Gasteiger partial charge in [0.2, 0.25) is 16.0 Å². The van der Waals surface area contributed by atoms with Gasteiger partial charge in [-0.2, -0.15) is 4.98 Å². The molecule has 2 aromatic carbocycles. The minimum absolute atomic E-state index is 0.0221. The number of nitrogens with two attached hydrogens (primary N) is 1. The Morgan fingerprint density at radius 3 is 2.62 bits per heavy atom. The van der Waals surface area contributed by atoms with E-state index in [0.29, 0.717) is 36.8 Å². The van der Waals surface area contributed by atoms with E-state index in [9.17, 15) is 8.42 Å². The third-order valence-corrected chi connectivity index (χ3v) is 7.34. The van der Waals surface area contributed by atoms with Crippen LogP contribution in [0.2, 0.25) is 5.02 Å². The second-order valence-corrected chi connectivity index (χ2v) is 10.6. The highest BCUT2D eigenvalue weighted by molar-refractivity contribution is 7.89. The van der Waals surface area contributed by atoms with Gasteiger partial charge in [0, 0.05) is 24.8 Å². The quantitative estimate of drug-likeness (QED) is 0.358. The van der Waals surface area contributed by atoms with Crippen LogP contribution in [0.5, 0.6) is 5.75 Å². The van der Waals surface area contributed by atoms with E-state index < -0.39 is 10.0 Å². The monoisotopic (exact) mass is 546 g/mol. The van der Waals surface area contributed by atoms with E-state index in [2.05, 4.69) is 25.5 Å². The Kier molecular flexibility index (Phi) is 8.38. The molecular weight excluding hydrogens is 516 g/mol. The molecule has 1 saturated heterocycles. The fourth-order valence-electron chi connectivity index (χ4n) is 4.23. The van der Waals surface area contributed by atoms with Crippen molar-refractivity contribution in [2.24, 2.45) is 5.14 Å². The topological polar surface area (TPSA) is 132 Å². The zero-order valence-electron chi connectivity index (χ0n) is 21.0. The summed E-state index contributed by atoms with van der Waals surface area (Å²) in [6, 6.07) is 9.07. The Bertz CT molecular complexity index is 1380. The van der Waals surface area contributed by atoms with Gasteiger partial charge in [0.25, 0.3) is 0 Å². The first-order valence-electron chi connectivity index (χ1n) is 11.9. The van der Waals surface area contributed by atoms with Crippen LogP contribution in [0.4, 0.5) is 28.8 Å². The number of nitrogens with zero attached hydrogens (tertiary/aromatic N) is 3. The Morgan fingerprint density at radius 2 is 1.95 bits per heavy atom. The van der Waals surface area contributed by atoms with E-state index in [-0.39, 0.29) is 21.7 Å². The summed E-state index contributed by atoms with van der Waals surface area (Å²) >= 11 is 6.41. The van der Waals surface area contributed by atoms with Crippen molar-refractivity contribution in [3.05, 3.63) is 52.7 Å². The number of benzene rings is 2. The first-order valence-corrected chi connectivity index (χ1v) is 13.9. The molecule has 0 unspecified atom stereocenters. The summed E-state index contributed by atoms with van der Waals surface area (Å²) in [5.74, 6) is 1.12. The molecule has 0 saturated carbocycles. The number of nitrogens with one attached hydrogen (secondary N) is 2. The largest absolute Gasteiger partial charge is 0.494 e. The molecule has 0 radical (unpaired) electrons. The SMILES string of the molecule is CCCc1c(C)ccc(S(N)(=O)=O)c1Nc1nc(Nc2ccc(N3CCOCC3)cc2OC)ncc1Cl. The van der Waals surface area contributed by atoms with Crippen LogP contribution >= 0.6 is 11.6 Å². The molecular formula is C25H31ClN6O4S. The number of sulfonamides is 1. The van der Waals surface area contributed by atoms with Gasteiger partial charge in [-0.3, -0.25) is 0 Å². The molecule has 198 valence electrons. The van der Waals surface area contributed by atoms with E-state index in [1.165, 1.54) is 12.3 Å². The second-order valence-electron chi connectivity index (χ2n) is 8.65. The number of anilines is 5. The second kappa shape index (κ2) is 11.5. The third-order valence-electron chi connectivity index (χ3n) is 6.11. The molecule has 12 heteroatoms. The molecule has 1 fully saturated rings. The van der Waals surface area contributed by atoms with Crippen molar-refractivity contribution in [3.63, 3.8) is 0 Å². The average molecular weight is 547 g/mol. The first kappa shape index (κ1) is 26.9. The molecule has 3 aromatic rings. The molecule has 0 spiro atoms. The molecule has 1 aliphatic rings. The van der Waals surface area contributed by atoms with Crippen molar-refractivity contribution in [1.82, 2.24) is 9.97 Å². The highest BCUT2D eigenvalue weighted by Crippen LogP contribution is 2.35. The summed E-state index contributed by atoms with van der Waals surface area (Å²) in [5, 5.41) is 12.0. The molecule has 4 rings (SSSR count). The highest BCUT2D eigenvalue weighted by Gasteiger charge is 2.21. The van der Waals surface area contributed by atoms with E-state index in [0.717, 1.165) is 36.3 Å². The van der Waals surface area contributed by atoms with Crippen LogP contribution in [-0.2, 0) is 21.2 Å². The maximum absolute atomic E-state index is 12.4. The van der Waals surface area contributed by atoms with Crippen LogP contribution in [0.15, 0.2) is 41.4 Å². The number of hydrogen-bond acceptors (Lipinski definition) is 9. The van der Waals surface area contributed by atoms with Crippen LogP contribution in [0.25, 0.3) is 0 Å². The summed E-state index contributed by atoms with van der Waals surface area (Å²) in [4.78, 5) is 11.0. The number of aryl methyl sites for hydroxylation is 1. The van der Waals surface area contributed by atoms with Crippen LogP contribution in [-0.4, -0.2) is 51.8 Å². The molecule has 37 heavy (non-hydrogen) atoms. The molecule has 1 aromatic heterocycles. The van der Waals surface area contributed by atoms with Crippen LogP contribution in [0.3, 0.4) is 0 Å². The van der Waals surface area contributed by atoms with Gasteiger partial charge in [-0.25, -0.2) is 18.5 Å². The Hall–Kier alpha value is -3.12. The molecule has 4 N–H and O–H groups in total. The number of methoxy groups -OCH3 is 1. The minimum Gasteiger partial charge on any atom is -0.494 e. The van der Waals surface area contributed by atoms with Gasteiger partial charge in [-0.1, -0.05) is 31.0 Å². The lowest BCUT2D eigenvalue weighted by Crippen LogP contribution is -2.36. The predicted octanol–water partition coefficient (Wildman–Crippen LogP) is 4.37. The number of aromatic nitrogens is 2. The lowest BCUT2D eigenvalue weighted by atomic mass is 10.0. The first-order chi connectivity index (χ1) is 17.7.